The number of anilines is 1. The fraction of sp³-hybridized carbons (Fsp3) is 0.300. The zero-order chi connectivity index (χ0) is 19.7. The molecule has 1 N–H and O–H groups in total. The fourth-order valence-corrected chi connectivity index (χ4v) is 5.30. The number of nitrogens with zero attached hydrogens (tertiary/aromatic N) is 2. The predicted octanol–water partition coefficient (Wildman–Crippen LogP) is 4.85. The van der Waals surface area contributed by atoms with E-state index in [9.17, 15) is 4.79 Å². The van der Waals surface area contributed by atoms with Gasteiger partial charge in [-0.1, -0.05) is 17.7 Å². The zero-order valence-electron chi connectivity index (χ0n) is 15.6. The SMILES string of the molecule is COc1ccc(Cl)cc1N1CCC(NC(=O)c2sc(-c3cccs3)nc2C)C1. The summed E-state index contributed by atoms with van der Waals surface area (Å²) < 4.78 is 5.46. The zero-order valence-corrected chi connectivity index (χ0v) is 18.0. The number of hydrogen-bond donors (Lipinski definition) is 1. The molecule has 5 nitrogen and oxygen atoms in total. The Labute approximate surface area is 176 Å². The topological polar surface area (TPSA) is 54.5 Å². The van der Waals surface area contributed by atoms with E-state index >= 15 is 0 Å². The molecule has 3 heterocycles. The lowest BCUT2D eigenvalue weighted by molar-refractivity contribution is 0.0943. The maximum atomic E-state index is 12.8. The predicted molar refractivity (Wildman–Crippen MR) is 116 cm³/mol. The number of amides is 1. The number of aryl methyl sites for hydroxylation is 1. The van der Waals surface area contributed by atoms with Crippen LogP contribution in [0.15, 0.2) is 35.7 Å². The van der Waals surface area contributed by atoms with Crippen LogP contribution in [0.4, 0.5) is 5.69 Å². The molecule has 1 aliphatic heterocycles. The van der Waals surface area contributed by atoms with Gasteiger partial charge in [0, 0.05) is 24.2 Å². The van der Waals surface area contributed by atoms with Crippen LogP contribution in [0.2, 0.25) is 5.02 Å². The standard InChI is InChI=1S/C20H20ClN3O2S2/c1-12-18(28-20(22-12)17-4-3-9-27-17)19(25)23-14-7-8-24(11-14)15-10-13(21)5-6-16(15)26-2/h3-6,9-10,14H,7-8,11H2,1-2H3,(H,23,25). The van der Waals surface area contributed by atoms with Gasteiger partial charge in [-0.25, -0.2) is 4.98 Å². The lowest BCUT2D eigenvalue weighted by Gasteiger charge is -2.21. The minimum absolute atomic E-state index is 0.0530. The van der Waals surface area contributed by atoms with Gasteiger partial charge < -0.3 is 15.0 Å². The number of methoxy groups -OCH3 is 1. The van der Waals surface area contributed by atoms with Crippen LogP contribution in [0.5, 0.6) is 5.75 Å². The van der Waals surface area contributed by atoms with Gasteiger partial charge in [-0.3, -0.25) is 4.79 Å². The monoisotopic (exact) mass is 433 g/mol. The van der Waals surface area contributed by atoms with Crippen LogP contribution >= 0.6 is 34.3 Å². The summed E-state index contributed by atoms with van der Waals surface area (Å²) in [5, 5.41) is 6.75. The fourth-order valence-electron chi connectivity index (χ4n) is 3.37. The summed E-state index contributed by atoms with van der Waals surface area (Å²) in [4.78, 5) is 21.4. The van der Waals surface area contributed by atoms with Gasteiger partial charge in [0.05, 0.1) is 23.4 Å². The van der Waals surface area contributed by atoms with Gasteiger partial charge in [0.1, 0.15) is 15.6 Å². The molecule has 1 amide bonds. The molecule has 1 atom stereocenters. The molecular formula is C20H20ClN3O2S2. The third-order valence-corrected chi connectivity index (χ3v) is 7.17. The van der Waals surface area contributed by atoms with E-state index in [1.807, 2.05) is 42.6 Å². The van der Waals surface area contributed by atoms with Crippen molar-refractivity contribution in [2.75, 3.05) is 25.1 Å². The number of halogens is 1. The summed E-state index contributed by atoms with van der Waals surface area (Å²) in [5.41, 5.74) is 1.73. The Balaban J connectivity index is 1.45. The molecule has 1 aromatic carbocycles. The summed E-state index contributed by atoms with van der Waals surface area (Å²) in [6, 6.07) is 9.69. The molecule has 3 aromatic rings. The Morgan fingerprint density at radius 2 is 2.25 bits per heavy atom. The molecule has 2 aromatic heterocycles. The Bertz CT molecular complexity index is 988. The van der Waals surface area contributed by atoms with E-state index in [1.54, 1.807) is 18.4 Å². The van der Waals surface area contributed by atoms with Gasteiger partial charge in [0.25, 0.3) is 5.91 Å². The second kappa shape index (κ2) is 8.11. The molecule has 1 aliphatic rings. The van der Waals surface area contributed by atoms with Gasteiger partial charge in [0.15, 0.2) is 0 Å². The van der Waals surface area contributed by atoms with Gasteiger partial charge >= 0.3 is 0 Å². The van der Waals surface area contributed by atoms with Crippen LogP contribution < -0.4 is 15.0 Å². The maximum Gasteiger partial charge on any atom is 0.263 e. The van der Waals surface area contributed by atoms with Crippen molar-refractivity contribution in [1.82, 2.24) is 10.3 Å². The first-order chi connectivity index (χ1) is 13.5. The highest BCUT2D eigenvalue weighted by Crippen LogP contribution is 2.34. The van der Waals surface area contributed by atoms with Crippen LogP contribution in [0.3, 0.4) is 0 Å². The Morgan fingerprint density at radius 3 is 3.00 bits per heavy atom. The number of carbonyl (C=O) groups excluding carboxylic acids is 1. The Morgan fingerprint density at radius 1 is 1.39 bits per heavy atom. The van der Waals surface area contributed by atoms with E-state index in [4.69, 9.17) is 16.3 Å². The van der Waals surface area contributed by atoms with E-state index in [1.165, 1.54) is 11.3 Å². The lowest BCUT2D eigenvalue weighted by atomic mass is 10.2. The summed E-state index contributed by atoms with van der Waals surface area (Å²) >= 11 is 9.24. The first-order valence-corrected chi connectivity index (χ1v) is 11.0. The molecule has 0 bridgehead atoms. The van der Waals surface area contributed by atoms with Crippen LogP contribution in [-0.4, -0.2) is 37.1 Å². The molecule has 8 heteroatoms. The largest absolute Gasteiger partial charge is 0.495 e. The van der Waals surface area contributed by atoms with E-state index in [-0.39, 0.29) is 11.9 Å². The summed E-state index contributed by atoms with van der Waals surface area (Å²) in [6.45, 7) is 3.45. The number of nitrogens with one attached hydrogen (secondary N) is 1. The normalized spacial score (nSPS) is 16.4. The van der Waals surface area contributed by atoms with E-state index in [0.29, 0.717) is 9.90 Å². The third kappa shape index (κ3) is 3.87. The number of ether oxygens (including phenoxy) is 1. The lowest BCUT2D eigenvalue weighted by Crippen LogP contribution is -2.37. The van der Waals surface area contributed by atoms with Crippen molar-refractivity contribution in [3.05, 3.63) is 51.3 Å². The highest BCUT2D eigenvalue weighted by molar-refractivity contribution is 7.22. The minimum Gasteiger partial charge on any atom is -0.495 e. The maximum absolute atomic E-state index is 12.8. The molecule has 0 spiro atoms. The summed E-state index contributed by atoms with van der Waals surface area (Å²) in [6.07, 6.45) is 0.872. The molecular weight excluding hydrogens is 414 g/mol. The highest BCUT2D eigenvalue weighted by atomic mass is 35.5. The molecule has 28 heavy (non-hydrogen) atoms. The number of thiophene rings is 1. The van der Waals surface area contributed by atoms with Gasteiger partial charge in [-0.05, 0) is 43.0 Å². The summed E-state index contributed by atoms with van der Waals surface area (Å²) in [5.74, 6) is 0.734. The van der Waals surface area contributed by atoms with Crippen molar-refractivity contribution >= 4 is 45.9 Å². The Kier molecular flexibility index (Phi) is 5.57. The van der Waals surface area contributed by atoms with E-state index in [2.05, 4.69) is 15.2 Å². The highest BCUT2D eigenvalue weighted by Gasteiger charge is 2.27. The van der Waals surface area contributed by atoms with Crippen molar-refractivity contribution in [2.45, 2.75) is 19.4 Å². The van der Waals surface area contributed by atoms with Crippen molar-refractivity contribution in [3.8, 4) is 15.6 Å². The molecule has 1 saturated heterocycles. The molecule has 0 radical (unpaired) electrons. The minimum atomic E-state index is -0.0530. The van der Waals surface area contributed by atoms with Crippen molar-refractivity contribution in [2.24, 2.45) is 0 Å². The first kappa shape index (κ1) is 19.2. The van der Waals surface area contributed by atoms with Gasteiger partial charge in [0.2, 0.25) is 0 Å². The molecule has 4 rings (SSSR count). The smallest absolute Gasteiger partial charge is 0.263 e. The van der Waals surface area contributed by atoms with Crippen LogP contribution in [0.1, 0.15) is 21.8 Å². The first-order valence-electron chi connectivity index (χ1n) is 8.96. The molecule has 0 saturated carbocycles. The van der Waals surface area contributed by atoms with Crippen molar-refractivity contribution in [3.63, 3.8) is 0 Å². The molecule has 0 aliphatic carbocycles. The second-order valence-corrected chi connectivity index (χ2v) is 9.02. The van der Waals surface area contributed by atoms with Gasteiger partial charge in [-0.15, -0.1) is 22.7 Å². The third-order valence-electron chi connectivity index (χ3n) is 4.74. The average Bonchev–Trinajstić information content (AvgIpc) is 3.42. The number of carbonyl (C=O) groups is 1. The average molecular weight is 434 g/mol. The van der Waals surface area contributed by atoms with E-state index in [0.717, 1.165) is 46.5 Å². The molecule has 1 unspecified atom stereocenters. The van der Waals surface area contributed by atoms with Crippen LogP contribution in [0, 0.1) is 6.92 Å². The second-order valence-electron chi connectivity index (χ2n) is 6.63. The van der Waals surface area contributed by atoms with Crippen molar-refractivity contribution < 1.29 is 9.53 Å². The van der Waals surface area contributed by atoms with Crippen molar-refractivity contribution in [1.29, 1.82) is 0 Å². The summed E-state index contributed by atoms with van der Waals surface area (Å²) in [7, 11) is 1.65. The number of aromatic nitrogens is 1. The van der Waals surface area contributed by atoms with Crippen LogP contribution in [-0.2, 0) is 0 Å². The number of benzene rings is 1. The van der Waals surface area contributed by atoms with Crippen LogP contribution in [0.25, 0.3) is 9.88 Å². The number of thiazole rings is 1. The quantitative estimate of drug-likeness (QED) is 0.624. The molecule has 1 fully saturated rings. The number of rotatable bonds is 5. The Hall–Kier alpha value is -2.09. The number of hydrogen-bond acceptors (Lipinski definition) is 6. The van der Waals surface area contributed by atoms with Gasteiger partial charge in [-0.2, -0.15) is 0 Å². The van der Waals surface area contributed by atoms with E-state index < -0.39 is 0 Å². The molecule has 146 valence electrons.